The Morgan fingerprint density at radius 3 is 2.82 bits per heavy atom. The van der Waals surface area contributed by atoms with Crippen LogP contribution in [0.3, 0.4) is 0 Å². The van der Waals surface area contributed by atoms with Crippen molar-refractivity contribution < 1.29 is 4.74 Å². The standard InChI is InChI=1S/C13H25N3O/c14-10-13(16-5-1-8-17-9-7-16)4-6-15(11-13)12-2-3-12/h12H,1-11,14H2. The first-order valence-electron chi connectivity index (χ1n) is 7.11. The minimum Gasteiger partial charge on any atom is -0.380 e. The molecule has 1 unspecified atom stereocenters. The van der Waals surface area contributed by atoms with E-state index >= 15 is 0 Å². The van der Waals surface area contributed by atoms with Crippen LogP contribution in [0.15, 0.2) is 0 Å². The minimum absolute atomic E-state index is 0.246. The zero-order valence-electron chi connectivity index (χ0n) is 10.7. The predicted octanol–water partition coefficient (Wildman–Crippen LogP) is 0.274. The maximum atomic E-state index is 6.12. The third-order valence-electron chi connectivity index (χ3n) is 4.70. The molecule has 3 fully saturated rings. The molecule has 2 saturated heterocycles. The van der Waals surface area contributed by atoms with Crippen LogP contribution < -0.4 is 5.73 Å². The zero-order chi connectivity index (χ0) is 11.7. The van der Waals surface area contributed by atoms with Crippen LogP contribution in [0.2, 0.25) is 0 Å². The number of rotatable bonds is 3. The van der Waals surface area contributed by atoms with Gasteiger partial charge in [0, 0.05) is 50.9 Å². The monoisotopic (exact) mass is 239 g/mol. The van der Waals surface area contributed by atoms with Crippen molar-refractivity contribution in [1.29, 1.82) is 0 Å². The van der Waals surface area contributed by atoms with E-state index in [4.69, 9.17) is 10.5 Å². The second-order valence-electron chi connectivity index (χ2n) is 5.83. The molecular formula is C13H25N3O. The Morgan fingerprint density at radius 1 is 1.18 bits per heavy atom. The first-order chi connectivity index (χ1) is 8.34. The van der Waals surface area contributed by atoms with Crippen LogP contribution in [0.1, 0.15) is 25.7 Å². The van der Waals surface area contributed by atoms with Gasteiger partial charge < -0.3 is 10.5 Å². The van der Waals surface area contributed by atoms with Crippen molar-refractivity contribution in [3.63, 3.8) is 0 Å². The highest BCUT2D eigenvalue weighted by atomic mass is 16.5. The van der Waals surface area contributed by atoms with Crippen LogP contribution in [0.25, 0.3) is 0 Å². The Hall–Kier alpha value is -0.160. The lowest BCUT2D eigenvalue weighted by atomic mass is 9.95. The summed E-state index contributed by atoms with van der Waals surface area (Å²) in [6.07, 6.45) is 5.22. The fourth-order valence-electron chi connectivity index (χ4n) is 3.41. The average molecular weight is 239 g/mol. The maximum absolute atomic E-state index is 6.12. The second-order valence-corrected chi connectivity index (χ2v) is 5.83. The summed E-state index contributed by atoms with van der Waals surface area (Å²) < 4.78 is 5.56. The summed E-state index contributed by atoms with van der Waals surface area (Å²) >= 11 is 0. The van der Waals surface area contributed by atoms with E-state index in [2.05, 4.69) is 9.80 Å². The molecule has 0 aromatic heterocycles. The molecule has 0 radical (unpaired) electrons. The van der Waals surface area contributed by atoms with Crippen LogP contribution in [0, 0.1) is 0 Å². The average Bonchev–Trinajstić information content (AvgIpc) is 3.15. The van der Waals surface area contributed by atoms with Crippen LogP contribution in [0.5, 0.6) is 0 Å². The van der Waals surface area contributed by atoms with Crippen molar-refractivity contribution >= 4 is 0 Å². The van der Waals surface area contributed by atoms with Gasteiger partial charge >= 0.3 is 0 Å². The second kappa shape index (κ2) is 4.84. The molecule has 98 valence electrons. The number of hydrogen-bond donors (Lipinski definition) is 1. The number of nitrogens with two attached hydrogens (primary N) is 1. The smallest absolute Gasteiger partial charge is 0.0593 e. The molecule has 3 aliphatic rings. The predicted molar refractivity (Wildman–Crippen MR) is 68.0 cm³/mol. The molecule has 3 rings (SSSR count). The van der Waals surface area contributed by atoms with Gasteiger partial charge in [-0.05, 0) is 25.7 Å². The molecule has 4 heteroatoms. The van der Waals surface area contributed by atoms with Crippen molar-refractivity contribution in [1.82, 2.24) is 9.80 Å². The fraction of sp³-hybridized carbons (Fsp3) is 1.00. The molecule has 4 nitrogen and oxygen atoms in total. The number of ether oxygens (including phenoxy) is 1. The highest BCUT2D eigenvalue weighted by Crippen LogP contribution is 2.36. The summed E-state index contributed by atoms with van der Waals surface area (Å²) in [4.78, 5) is 5.28. The molecule has 0 spiro atoms. The molecule has 1 atom stereocenters. The summed E-state index contributed by atoms with van der Waals surface area (Å²) in [6.45, 7) is 7.27. The Labute approximate surface area is 104 Å². The summed E-state index contributed by atoms with van der Waals surface area (Å²) in [7, 11) is 0. The highest BCUT2D eigenvalue weighted by molar-refractivity contribution is 5.03. The molecule has 0 amide bonds. The Balaban J connectivity index is 1.67. The van der Waals surface area contributed by atoms with Crippen molar-refractivity contribution in [2.75, 3.05) is 45.9 Å². The SMILES string of the molecule is NCC1(N2CCCOCC2)CCN(C2CC2)C1. The molecule has 0 bridgehead atoms. The topological polar surface area (TPSA) is 41.7 Å². The van der Waals surface area contributed by atoms with Gasteiger partial charge in [0.15, 0.2) is 0 Å². The van der Waals surface area contributed by atoms with Crippen molar-refractivity contribution in [3.8, 4) is 0 Å². The lowest BCUT2D eigenvalue weighted by Crippen LogP contribution is -2.56. The molecule has 0 aromatic rings. The first-order valence-corrected chi connectivity index (χ1v) is 7.11. The summed E-state index contributed by atoms with van der Waals surface area (Å²) in [5.41, 5.74) is 6.37. The van der Waals surface area contributed by atoms with E-state index in [1.807, 2.05) is 0 Å². The molecule has 2 N–H and O–H groups in total. The van der Waals surface area contributed by atoms with Crippen molar-refractivity contribution in [2.24, 2.45) is 5.73 Å². The van der Waals surface area contributed by atoms with Gasteiger partial charge in [0.2, 0.25) is 0 Å². The molecule has 0 aromatic carbocycles. The van der Waals surface area contributed by atoms with Crippen molar-refractivity contribution in [2.45, 2.75) is 37.3 Å². The van der Waals surface area contributed by atoms with Gasteiger partial charge in [-0.1, -0.05) is 0 Å². The Kier molecular flexibility index (Phi) is 3.39. The highest BCUT2D eigenvalue weighted by Gasteiger charge is 2.45. The van der Waals surface area contributed by atoms with Crippen LogP contribution in [0.4, 0.5) is 0 Å². The molecule has 17 heavy (non-hydrogen) atoms. The molecule has 1 aliphatic carbocycles. The van der Waals surface area contributed by atoms with Gasteiger partial charge in [-0.25, -0.2) is 0 Å². The largest absolute Gasteiger partial charge is 0.380 e. The third kappa shape index (κ3) is 2.36. The number of likely N-dealkylation sites (tertiary alicyclic amines) is 1. The first kappa shape index (κ1) is 11.9. The van der Waals surface area contributed by atoms with Gasteiger partial charge in [0.25, 0.3) is 0 Å². The summed E-state index contributed by atoms with van der Waals surface area (Å²) in [5, 5.41) is 0. The van der Waals surface area contributed by atoms with Crippen LogP contribution in [-0.2, 0) is 4.74 Å². The van der Waals surface area contributed by atoms with Crippen LogP contribution in [-0.4, -0.2) is 67.3 Å². The van der Waals surface area contributed by atoms with Gasteiger partial charge in [-0.2, -0.15) is 0 Å². The lowest BCUT2D eigenvalue weighted by Gasteiger charge is -2.40. The van der Waals surface area contributed by atoms with Gasteiger partial charge in [-0.15, -0.1) is 0 Å². The van der Waals surface area contributed by atoms with E-state index in [9.17, 15) is 0 Å². The molecule has 2 aliphatic heterocycles. The number of hydrogen-bond acceptors (Lipinski definition) is 4. The van der Waals surface area contributed by atoms with E-state index in [1.54, 1.807) is 0 Å². The zero-order valence-corrected chi connectivity index (χ0v) is 10.7. The lowest BCUT2D eigenvalue weighted by molar-refractivity contribution is 0.0854. The van der Waals surface area contributed by atoms with Crippen LogP contribution >= 0.6 is 0 Å². The Bertz CT molecular complexity index is 261. The Morgan fingerprint density at radius 2 is 2.06 bits per heavy atom. The molecule has 1 saturated carbocycles. The van der Waals surface area contributed by atoms with E-state index in [0.29, 0.717) is 0 Å². The van der Waals surface area contributed by atoms with Gasteiger partial charge in [0.05, 0.1) is 6.61 Å². The normalized spacial score (nSPS) is 37.2. The summed E-state index contributed by atoms with van der Waals surface area (Å²) in [5.74, 6) is 0. The third-order valence-corrected chi connectivity index (χ3v) is 4.70. The maximum Gasteiger partial charge on any atom is 0.0593 e. The minimum atomic E-state index is 0.246. The van der Waals surface area contributed by atoms with Crippen molar-refractivity contribution in [3.05, 3.63) is 0 Å². The quantitative estimate of drug-likeness (QED) is 0.768. The van der Waals surface area contributed by atoms with E-state index in [0.717, 1.165) is 45.3 Å². The number of nitrogens with zero attached hydrogens (tertiary/aromatic N) is 2. The fourth-order valence-corrected chi connectivity index (χ4v) is 3.41. The van der Waals surface area contributed by atoms with E-state index in [-0.39, 0.29) is 5.54 Å². The summed E-state index contributed by atoms with van der Waals surface area (Å²) in [6, 6.07) is 0.881. The molecule has 2 heterocycles. The van der Waals surface area contributed by atoms with E-state index < -0.39 is 0 Å². The van der Waals surface area contributed by atoms with Gasteiger partial charge in [0.1, 0.15) is 0 Å². The van der Waals surface area contributed by atoms with E-state index in [1.165, 1.54) is 32.4 Å². The van der Waals surface area contributed by atoms with Gasteiger partial charge in [-0.3, -0.25) is 9.80 Å². The molecular weight excluding hydrogens is 214 g/mol.